The van der Waals surface area contributed by atoms with Crippen molar-refractivity contribution in [3.8, 4) is 0 Å². The molecular weight excluding hydrogens is 244 g/mol. The van der Waals surface area contributed by atoms with Crippen LogP contribution in [0, 0.1) is 5.41 Å². The molecule has 0 spiro atoms. The van der Waals surface area contributed by atoms with Gasteiger partial charge in [0.2, 0.25) is 0 Å². The van der Waals surface area contributed by atoms with E-state index >= 15 is 0 Å². The van der Waals surface area contributed by atoms with Crippen LogP contribution >= 0.6 is 15.9 Å². The molecule has 0 aromatic heterocycles. The molecule has 2 fully saturated rings. The third-order valence-electron chi connectivity index (χ3n) is 3.53. The summed E-state index contributed by atoms with van der Waals surface area (Å²) in [5, 5.41) is 1.04. The van der Waals surface area contributed by atoms with Crippen LogP contribution in [-0.2, 0) is 0 Å². The number of alkyl halides is 1. The van der Waals surface area contributed by atoms with E-state index in [1.165, 1.54) is 19.3 Å². The molecule has 80 valence electrons. The Morgan fingerprint density at radius 2 is 2.14 bits per heavy atom. The van der Waals surface area contributed by atoms with Crippen molar-refractivity contribution < 1.29 is 4.79 Å². The molecule has 1 aliphatic heterocycles. The molecule has 1 heterocycles. The van der Waals surface area contributed by atoms with Gasteiger partial charge in [-0.2, -0.15) is 0 Å². The van der Waals surface area contributed by atoms with E-state index in [1.807, 2.05) is 11.9 Å². The second-order valence-corrected chi connectivity index (χ2v) is 5.17. The summed E-state index contributed by atoms with van der Waals surface area (Å²) in [6.45, 7) is 2.74. The second-order valence-electron chi connectivity index (χ2n) is 4.61. The van der Waals surface area contributed by atoms with E-state index in [0.717, 1.165) is 25.0 Å². The van der Waals surface area contributed by atoms with E-state index in [4.69, 9.17) is 0 Å². The minimum Gasteiger partial charge on any atom is -0.326 e. The summed E-state index contributed by atoms with van der Waals surface area (Å²) >= 11 is 3.57. The van der Waals surface area contributed by atoms with Crippen LogP contribution < -0.4 is 0 Å². The summed E-state index contributed by atoms with van der Waals surface area (Å²) in [4.78, 5) is 15.5. The number of carbonyl (C=O) groups excluding carboxylic acids is 1. The minimum absolute atomic E-state index is 0.206. The summed E-state index contributed by atoms with van der Waals surface area (Å²) < 4.78 is 0. The van der Waals surface area contributed by atoms with Gasteiger partial charge in [0.25, 0.3) is 0 Å². The number of likely N-dealkylation sites (N-methyl/N-ethyl adjacent to an activating group) is 1. The molecule has 1 saturated heterocycles. The fourth-order valence-corrected chi connectivity index (χ4v) is 3.00. The van der Waals surface area contributed by atoms with E-state index < -0.39 is 0 Å². The van der Waals surface area contributed by atoms with Crippen LogP contribution in [-0.4, -0.2) is 47.8 Å². The monoisotopic (exact) mass is 260 g/mol. The van der Waals surface area contributed by atoms with Crippen molar-refractivity contribution in [1.29, 1.82) is 0 Å². The molecule has 2 aliphatic rings. The Morgan fingerprint density at radius 1 is 1.43 bits per heavy atom. The normalized spacial score (nSPS) is 25.4. The molecule has 4 heteroatoms. The fourth-order valence-electron chi connectivity index (χ4n) is 2.27. The molecular formula is C10H17BrN2O. The average molecular weight is 261 g/mol. The maximum Gasteiger partial charge on any atom is 0.319 e. The molecule has 3 nitrogen and oxygen atoms in total. The molecule has 2 amide bonds. The molecule has 0 unspecified atom stereocenters. The molecule has 0 N–H and O–H groups in total. The van der Waals surface area contributed by atoms with Gasteiger partial charge in [-0.3, -0.25) is 0 Å². The summed E-state index contributed by atoms with van der Waals surface area (Å²) in [7, 11) is 1.88. The van der Waals surface area contributed by atoms with Gasteiger partial charge < -0.3 is 9.80 Å². The quantitative estimate of drug-likeness (QED) is 0.712. The predicted molar refractivity (Wildman–Crippen MR) is 59.7 cm³/mol. The lowest BCUT2D eigenvalue weighted by atomic mass is 9.70. The Bertz CT molecular complexity index is 235. The number of rotatable bonds is 3. The van der Waals surface area contributed by atoms with Gasteiger partial charge in [0.05, 0.1) is 0 Å². The van der Waals surface area contributed by atoms with Gasteiger partial charge in [-0.25, -0.2) is 4.79 Å². The van der Waals surface area contributed by atoms with Crippen LogP contribution in [0.25, 0.3) is 0 Å². The lowest BCUT2D eigenvalue weighted by Gasteiger charge is -2.42. The highest BCUT2D eigenvalue weighted by atomic mass is 79.9. The Labute approximate surface area is 93.6 Å². The van der Waals surface area contributed by atoms with Crippen LogP contribution in [0.1, 0.15) is 19.3 Å². The highest BCUT2D eigenvalue weighted by Gasteiger charge is 2.40. The number of carbonyl (C=O) groups is 1. The highest BCUT2D eigenvalue weighted by molar-refractivity contribution is 9.09. The molecule has 0 atom stereocenters. The van der Waals surface area contributed by atoms with E-state index in [1.54, 1.807) is 4.90 Å². The first-order valence-electron chi connectivity index (χ1n) is 5.23. The molecule has 0 aromatic carbocycles. The SMILES string of the molecule is CN1CCN(CC2(CBr)CCC2)C1=O. The number of hydrogen-bond donors (Lipinski definition) is 0. The predicted octanol–water partition coefficient (Wildman–Crippen LogP) is 1.92. The first-order chi connectivity index (χ1) is 6.67. The zero-order valence-corrected chi connectivity index (χ0v) is 10.2. The molecule has 14 heavy (non-hydrogen) atoms. The van der Waals surface area contributed by atoms with Crippen molar-refractivity contribution in [3.05, 3.63) is 0 Å². The first kappa shape index (κ1) is 10.3. The Morgan fingerprint density at radius 3 is 2.50 bits per heavy atom. The van der Waals surface area contributed by atoms with Gasteiger partial charge in [-0.05, 0) is 18.3 Å². The van der Waals surface area contributed by atoms with Crippen molar-refractivity contribution in [1.82, 2.24) is 9.80 Å². The van der Waals surface area contributed by atoms with E-state index in [2.05, 4.69) is 15.9 Å². The molecule has 2 rings (SSSR count). The largest absolute Gasteiger partial charge is 0.326 e. The topological polar surface area (TPSA) is 23.6 Å². The van der Waals surface area contributed by atoms with Crippen LogP contribution in [0.2, 0.25) is 0 Å². The molecule has 1 saturated carbocycles. The smallest absolute Gasteiger partial charge is 0.319 e. The number of hydrogen-bond acceptors (Lipinski definition) is 1. The van der Waals surface area contributed by atoms with Gasteiger partial charge in [0.1, 0.15) is 0 Å². The van der Waals surface area contributed by atoms with Crippen molar-refractivity contribution in [2.75, 3.05) is 32.0 Å². The average Bonchev–Trinajstić information content (AvgIpc) is 2.42. The maximum absolute atomic E-state index is 11.7. The van der Waals surface area contributed by atoms with Gasteiger partial charge in [0.15, 0.2) is 0 Å². The lowest BCUT2D eigenvalue weighted by Crippen LogP contribution is -2.44. The maximum atomic E-state index is 11.7. The molecule has 0 aromatic rings. The third-order valence-corrected chi connectivity index (χ3v) is 4.72. The summed E-state index contributed by atoms with van der Waals surface area (Å²) in [5.41, 5.74) is 0.390. The summed E-state index contributed by atoms with van der Waals surface area (Å²) in [6.07, 6.45) is 3.86. The Balaban J connectivity index is 1.94. The number of nitrogens with zero attached hydrogens (tertiary/aromatic N) is 2. The minimum atomic E-state index is 0.206. The van der Waals surface area contributed by atoms with E-state index in [9.17, 15) is 4.79 Å². The summed E-state index contributed by atoms with van der Waals surface area (Å²) in [6, 6.07) is 0.206. The number of urea groups is 1. The van der Waals surface area contributed by atoms with Gasteiger partial charge >= 0.3 is 6.03 Å². The first-order valence-corrected chi connectivity index (χ1v) is 6.35. The molecule has 0 bridgehead atoms. The zero-order valence-electron chi connectivity index (χ0n) is 8.63. The van der Waals surface area contributed by atoms with Crippen molar-refractivity contribution >= 4 is 22.0 Å². The van der Waals surface area contributed by atoms with E-state index in [0.29, 0.717) is 5.41 Å². The van der Waals surface area contributed by atoms with Gasteiger partial charge in [0, 0.05) is 32.0 Å². The molecule has 1 aliphatic carbocycles. The van der Waals surface area contributed by atoms with Crippen molar-refractivity contribution in [3.63, 3.8) is 0 Å². The Kier molecular flexibility index (Phi) is 2.73. The number of amides is 2. The van der Waals surface area contributed by atoms with E-state index in [-0.39, 0.29) is 6.03 Å². The van der Waals surface area contributed by atoms with Crippen LogP contribution in [0.4, 0.5) is 4.79 Å². The fraction of sp³-hybridized carbons (Fsp3) is 0.900. The zero-order chi connectivity index (χ0) is 10.2. The van der Waals surface area contributed by atoms with Crippen molar-refractivity contribution in [2.24, 2.45) is 5.41 Å². The van der Waals surface area contributed by atoms with Crippen LogP contribution in [0.5, 0.6) is 0 Å². The highest BCUT2D eigenvalue weighted by Crippen LogP contribution is 2.43. The Hall–Kier alpha value is -0.250. The second kappa shape index (κ2) is 3.72. The summed E-state index contributed by atoms with van der Waals surface area (Å²) in [5.74, 6) is 0. The van der Waals surface area contributed by atoms with Crippen LogP contribution in [0.15, 0.2) is 0 Å². The standard InChI is InChI=1S/C10H17BrN2O/c1-12-5-6-13(9(12)14)8-10(7-11)3-2-4-10/h2-8H2,1H3. The van der Waals surface area contributed by atoms with Gasteiger partial charge in [-0.1, -0.05) is 22.4 Å². The third kappa shape index (κ3) is 1.64. The van der Waals surface area contributed by atoms with Gasteiger partial charge in [-0.15, -0.1) is 0 Å². The van der Waals surface area contributed by atoms with Crippen molar-refractivity contribution in [2.45, 2.75) is 19.3 Å². The van der Waals surface area contributed by atoms with Crippen LogP contribution in [0.3, 0.4) is 0 Å². The lowest BCUT2D eigenvalue weighted by molar-refractivity contribution is 0.112. The number of halogens is 1. The molecule has 0 radical (unpaired) electrons.